The van der Waals surface area contributed by atoms with Crippen molar-refractivity contribution in [1.29, 1.82) is 0 Å². The second-order valence-electron chi connectivity index (χ2n) is 7.59. The number of anilines is 1. The number of morpholine rings is 1. The second kappa shape index (κ2) is 11.0. The van der Waals surface area contributed by atoms with Crippen molar-refractivity contribution in [3.63, 3.8) is 0 Å². The van der Waals surface area contributed by atoms with Crippen LogP contribution in [0.15, 0.2) is 60.0 Å². The van der Waals surface area contributed by atoms with Crippen molar-refractivity contribution < 1.29 is 14.3 Å². The van der Waals surface area contributed by atoms with Crippen LogP contribution >= 0.6 is 11.3 Å². The van der Waals surface area contributed by atoms with Gasteiger partial charge in [-0.15, -0.1) is 11.3 Å². The summed E-state index contributed by atoms with van der Waals surface area (Å²) in [6.07, 6.45) is 3.29. The van der Waals surface area contributed by atoms with Crippen molar-refractivity contribution in [1.82, 2.24) is 9.88 Å². The van der Waals surface area contributed by atoms with Crippen molar-refractivity contribution in [2.24, 2.45) is 0 Å². The number of amides is 1. The molecule has 0 aliphatic carbocycles. The number of aryl methyl sites for hydroxylation is 1. The van der Waals surface area contributed by atoms with Crippen LogP contribution in [0, 0.1) is 6.92 Å². The van der Waals surface area contributed by atoms with Gasteiger partial charge < -0.3 is 14.8 Å². The Morgan fingerprint density at radius 2 is 1.97 bits per heavy atom. The second-order valence-corrected chi connectivity index (χ2v) is 8.65. The molecule has 0 unspecified atom stereocenters. The van der Waals surface area contributed by atoms with E-state index >= 15 is 0 Å². The van der Waals surface area contributed by atoms with E-state index in [2.05, 4.69) is 27.3 Å². The van der Waals surface area contributed by atoms with E-state index in [9.17, 15) is 4.79 Å². The fraction of sp³-hybridized carbons (Fsp3) is 0.280. The molecule has 1 aliphatic rings. The summed E-state index contributed by atoms with van der Waals surface area (Å²) in [6.45, 7) is 6.77. The van der Waals surface area contributed by atoms with Crippen molar-refractivity contribution in [3.05, 3.63) is 81.8 Å². The molecular formula is C25H27N3O3S. The van der Waals surface area contributed by atoms with E-state index in [-0.39, 0.29) is 5.91 Å². The molecule has 0 atom stereocenters. The Morgan fingerprint density at radius 1 is 1.19 bits per heavy atom. The van der Waals surface area contributed by atoms with Crippen molar-refractivity contribution in [3.8, 4) is 5.75 Å². The van der Waals surface area contributed by atoms with Gasteiger partial charge in [0.1, 0.15) is 12.4 Å². The zero-order valence-corrected chi connectivity index (χ0v) is 18.9. The normalized spacial score (nSPS) is 14.5. The molecule has 1 saturated heterocycles. The quantitative estimate of drug-likeness (QED) is 0.513. The predicted octanol–water partition coefficient (Wildman–Crippen LogP) is 4.51. The lowest BCUT2D eigenvalue weighted by Gasteiger charge is -2.26. The molecule has 0 radical (unpaired) electrons. The van der Waals surface area contributed by atoms with Gasteiger partial charge in [-0.3, -0.25) is 9.69 Å². The van der Waals surface area contributed by atoms with E-state index in [1.54, 1.807) is 17.4 Å². The van der Waals surface area contributed by atoms with E-state index in [1.165, 1.54) is 11.6 Å². The molecule has 2 heterocycles. The molecule has 4 rings (SSSR count). The fourth-order valence-corrected chi connectivity index (χ4v) is 4.03. The zero-order valence-electron chi connectivity index (χ0n) is 18.1. The lowest BCUT2D eigenvalue weighted by atomic mass is 10.1. The van der Waals surface area contributed by atoms with Gasteiger partial charge in [-0.1, -0.05) is 30.3 Å². The monoisotopic (exact) mass is 449 g/mol. The molecule has 3 aromatic rings. The minimum atomic E-state index is -0.184. The summed E-state index contributed by atoms with van der Waals surface area (Å²) in [6, 6.07) is 15.6. The highest BCUT2D eigenvalue weighted by Gasteiger charge is 2.10. The Hall–Kier alpha value is -3.00. The summed E-state index contributed by atoms with van der Waals surface area (Å²) in [7, 11) is 0. The molecule has 1 aliphatic heterocycles. The third-order valence-corrected chi connectivity index (χ3v) is 5.93. The van der Waals surface area contributed by atoms with Gasteiger partial charge in [0.15, 0.2) is 0 Å². The van der Waals surface area contributed by atoms with Gasteiger partial charge in [0, 0.05) is 42.3 Å². The number of thiazole rings is 1. The molecule has 0 saturated carbocycles. The van der Waals surface area contributed by atoms with Gasteiger partial charge in [0.25, 0.3) is 0 Å². The number of nitrogens with one attached hydrogen (secondary N) is 1. The van der Waals surface area contributed by atoms with Crippen LogP contribution in [0.4, 0.5) is 5.69 Å². The number of rotatable bonds is 8. The van der Waals surface area contributed by atoms with Crippen LogP contribution in [0.1, 0.15) is 21.8 Å². The summed E-state index contributed by atoms with van der Waals surface area (Å²) in [4.78, 5) is 19.2. The minimum Gasteiger partial charge on any atom is -0.487 e. The third kappa shape index (κ3) is 6.50. The predicted molar refractivity (Wildman–Crippen MR) is 128 cm³/mol. The SMILES string of the molecule is Cc1nc(COc2ccccc2/C=C/C(=O)Nc2ccc(CN3CCOCC3)cc2)cs1. The van der Waals surface area contributed by atoms with Crippen LogP contribution in [0.2, 0.25) is 0 Å². The molecule has 1 aromatic heterocycles. The topological polar surface area (TPSA) is 63.7 Å². The summed E-state index contributed by atoms with van der Waals surface area (Å²) < 4.78 is 11.3. The van der Waals surface area contributed by atoms with Crippen molar-refractivity contribution >= 4 is 29.0 Å². The molecule has 1 amide bonds. The van der Waals surface area contributed by atoms with Crippen LogP contribution in [-0.4, -0.2) is 42.1 Å². The number of nitrogens with zero attached hydrogens (tertiary/aromatic N) is 2. The summed E-state index contributed by atoms with van der Waals surface area (Å²) in [5, 5.41) is 5.92. The summed E-state index contributed by atoms with van der Waals surface area (Å²) in [5.41, 5.74) is 3.74. The minimum absolute atomic E-state index is 0.184. The summed E-state index contributed by atoms with van der Waals surface area (Å²) >= 11 is 1.60. The number of carbonyl (C=O) groups excluding carboxylic acids is 1. The number of hydrogen-bond donors (Lipinski definition) is 1. The molecule has 1 N–H and O–H groups in total. The number of carbonyl (C=O) groups is 1. The Kier molecular flexibility index (Phi) is 7.66. The number of para-hydroxylation sites is 1. The molecule has 0 spiro atoms. The van der Waals surface area contributed by atoms with Gasteiger partial charge in [0.2, 0.25) is 5.91 Å². The van der Waals surface area contributed by atoms with E-state index in [1.807, 2.05) is 48.7 Å². The van der Waals surface area contributed by atoms with Gasteiger partial charge in [0.05, 0.1) is 23.9 Å². The first kappa shape index (κ1) is 22.2. The number of ether oxygens (including phenoxy) is 2. The fourth-order valence-electron chi connectivity index (χ4n) is 3.44. The van der Waals surface area contributed by atoms with Gasteiger partial charge in [-0.25, -0.2) is 4.98 Å². The zero-order chi connectivity index (χ0) is 22.2. The van der Waals surface area contributed by atoms with E-state index < -0.39 is 0 Å². The standard InChI is InChI=1S/C25H27N3O3S/c1-19-26-23(18-32-19)17-31-24-5-3-2-4-21(24)8-11-25(29)27-22-9-6-20(7-10-22)16-28-12-14-30-15-13-28/h2-11,18H,12-17H2,1H3,(H,27,29)/b11-8+. The Balaban J connectivity index is 1.31. The third-order valence-electron chi connectivity index (χ3n) is 5.11. The highest BCUT2D eigenvalue weighted by atomic mass is 32.1. The Labute approximate surface area is 192 Å². The smallest absolute Gasteiger partial charge is 0.248 e. The van der Waals surface area contributed by atoms with Gasteiger partial charge in [-0.05, 0) is 36.8 Å². The summed E-state index contributed by atoms with van der Waals surface area (Å²) in [5.74, 6) is 0.533. The highest BCUT2D eigenvalue weighted by molar-refractivity contribution is 7.09. The first-order valence-corrected chi connectivity index (χ1v) is 11.5. The van der Waals surface area contributed by atoms with Crippen LogP contribution in [0.5, 0.6) is 5.75 Å². The molecule has 0 bridgehead atoms. The molecule has 32 heavy (non-hydrogen) atoms. The molecule has 166 valence electrons. The van der Waals surface area contributed by atoms with E-state index in [0.717, 1.165) is 60.5 Å². The van der Waals surface area contributed by atoms with Gasteiger partial charge >= 0.3 is 0 Å². The maximum absolute atomic E-state index is 12.4. The largest absolute Gasteiger partial charge is 0.487 e. The molecule has 1 fully saturated rings. The molecule has 2 aromatic carbocycles. The lowest BCUT2D eigenvalue weighted by molar-refractivity contribution is -0.111. The van der Waals surface area contributed by atoms with Crippen LogP contribution < -0.4 is 10.1 Å². The Morgan fingerprint density at radius 3 is 2.72 bits per heavy atom. The van der Waals surface area contributed by atoms with Crippen molar-refractivity contribution in [2.45, 2.75) is 20.1 Å². The van der Waals surface area contributed by atoms with Gasteiger partial charge in [-0.2, -0.15) is 0 Å². The lowest BCUT2D eigenvalue weighted by Crippen LogP contribution is -2.35. The maximum Gasteiger partial charge on any atom is 0.248 e. The average molecular weight is 450 g/mol. The first-order chi connectivity index (χ1) is 15.7. The number of aromatic nitrogens is 1. The molecule has 6 nitrogen and oxygen atoms in total. The highest BCUT2D eigenvalue weighted by Crippen LogP contribution is 2.21. The number of hydrogen-bond acceptors (Lipinski definition) is 6. The van der Waals surface area contributed by atoms with E-state index in [4.69, 9.17) is 9.47 Å². The first-order valence-electron chi connectivity index (χ1n) is 10.7. The number of benzene rings is 2. The molecular weight excluding hydrogens is 422 g/mol. The van der Waals surface area contributed by atoms with Crippen LogP contribution in [0.3, 0.4) is 0 Å². The van der Waals surface area contributed by atoms with Crippen molar-refractivity contribution in [2.75, 3.05) is 31.6 Å². The Bertz CT molecular complexity index is 1060. The van der Waals surface area contributed by atoms with Crippen LogP contribution in [-0.2, 0) is 22.7 Å². The average Bonchev–Trinajstić information content (AvgIpc) is 3.24. The molecule has 7 heteroatoms. The van der Waals surface area contributed by atoms with Crippen LogP contribution in [0.25, 0.3) is 6.08 Å². The van der Waals surface area contributed by atoms with E-state index in [0.29, 0.717) is 6.61 Å². The maximum atomic E-state index is 12.4.